The van der Waals surface area contributed by atoms with Crippen molar-refractivity contribution in [3.05, 3.63) is 28.8 Å². The standard InChI is InChI=1S/C14H17ClN2/c1-10(7-11-3-2-4-11)17-14-8-12(9-16)5-6-13(14)15/h5-6,8,10-11,17H,2-4,7H2,1H3. The summed E-state index contributed by atoms with van der Waals surface area (Å²) in [5.74, 6) is 0.871. The van der Waals surface area contributed by atoms with Crippen LogP contribution in [0.2, 0.25) is 5.02 Å². The zero-order valence-corrected chi connectivity index (χ0v) is 10.8. The second kappa shape index (κ2) is 5.42. The Hall–Kier alpha value is -1.20. The fraction of sp³-hybridized carbons (Fsp3) is 0.500. The van der Waals surface area contributed by atoms with E-state index in [2.05, 4.69) is 18.3 Å². The lowest BCUT2D eigenvalue weighted by molar-refractivity contribution is 0.286. The molecule has 1 saturated carbocycles. The van der Waals surface area contributed by atoms with Crippen molar-refractivity contribution in [3.63, 3.8) is 0 Å². The first-order valence-electron chi connectivity index (χ1n) is 6.15. The van der Waals surface area contributed by atoms with Crippen LogP contribution in [0, 0.1) is 17.2 Å². The van der Waals surface area contributed by atoms with Crippen molar-refractivity contribution < 1.29 is 0 Å². The second-order valence-corrected chi connectivity index (χ2v) is 5.29. The summed E-state index contributed by atoms with van der Waals surface area (Å²) >= 11 is 6.11. The van der Waals surface area contributed by atoms with Crippen molar-refractivity contribution in [3.8, 4) is 6.07 Å². The molecule has 1 aliphatic carbocycles. The summed E-state index contributed by atoms with van der Waals surface area (Å²) in [6.45, 7) is 2.17. The van der Waals surface area contributed by atoms with Crippen LogP contribution < -0.4 is 5.32 Å². The predicted octanol–water partition coefficient (Wildman–Crippen LogP) is 4.20. The number of nitrogens with zero attached hydrogens (tertiary/aromatic N) is 1. The first-order chi connectivity index (χ1) is 8.19. The molecule has 0 saturated heterocycles. The van der Waals surface area contributed by atoms with E-state index < -0.39 is 0 Å². The van der Waals surface area contributed by atoms with Crippen LogP contribution >= 0.6 is 11.6 Å². The zero-order valence-electron chi connectivity index (χ0n) is 10.0. The molecular weight excluding hydrogens is 232 g/mol. The first kappa shape index (κ1) is 12.3. The minimum atomic E-state index is 0.409. The highest BCUT2D eigenvalue weighted by atomic mass is 35.5. The smallest absolute Gasteiger partial charge is 0.0992 e. The Balaban J connectivity index is 1.99. The van der Waals surface area contributed by atoms with Crippen molar-refractivity contribution in [2.75, 3.05) is 5.32 Å². The fourth-order valence-electron chi connectivity index (χ4n) is 2.26. The molecule has 1 aliphatic rings. The third-order valence-corrected chi connectivity index (χ3v) is 3.74. The summed E-state index contributed by atoms with van der Waals surface area (Å²) in [6.07, 6.45) is 5.28. The van der Waals surface area contributed by atoms with Gasteiger partial charge in [0, 0.05) is 6.04 Å². The number of halogens is 1. The van der Waals surface area contributed by atoms with E-state index in [1.54, 1.807) is 12.1 Å². The normalized spacial score (nSPS) is 17.0. The van der Waals surface area contributed by atoms with Crippen LogP contribution in [0.1, 0.15) is 38.2 Å². The molecule has 0 radical (unpaired) electrons. The van der Waals surface area contributed by atoms with Gasteiger partial charge in [0.2, 0.25) is 0 Å². The van der Waals surface area contributed by atoms with Gasteiger partial charge >= 0.3 is 0 Å². The number of rotatable bonds is 4. The Bertz CT molecular complexity index is 432. The zero-order chi connectivity index (χ0) is 12.3. The van der Waals surface area contributed by atoms with Crippen LogP contribution in [0.4, 0.5) is 5.69 Å². The molecule has 90 valence electrons. The molecule has 1 atom stereocenters. The maximum Gasteiger partial charge on any atom is 0.0992 e. The Morgan fingerprint density at radius 3 is 2.88 bits per heavy atom. The summed E-state index contributed by atoms with van der Waals surface area (Å²) in [5.41, 5.74) is 1.52. The van der Waals surface area contributed by atoms with Gasteiger partial charge in [-0.15, -0.1) is 0 Å². The van der Waals surface area contributed by atoms with Gasteiger partial charge in [0.25, 0.3) is 0 Å². The molecule has 0 bridgehead atoms. The van der Waals surface area contributed by atoms with Crippen LogP contribution in [-0.2, 0) is 0 Å². The molecule has 0 spiro atoms. The number of benzene rings is 1. The molecule has 0 heterocycles. The Morgan fingerprint density at radius 1 is 1.53 bits per heavy atom. The minimum absolute atomic E-state index is 0.409. The SMILES string of the molecule is CC(CC1CCC1)Nc1cc(C#N)ccc1Cl. The molecule has 2 rings (SSSR count). The summed E-state index contributed by atoms with van der Waals surface area (Å²) in [5, 5.41) is 12.9. The van der Waals surface area contributed by atoms with Crippen LogP contribution in [0.15, 0.2) is 18.2 Å². The van der Waals surface area contributed by atoms with E-state index in [0.29, 0.717) is 16.6 Å². The number of nitrogens with one attached hydrogen (secondary N) is 1. The lowest BCUT2D eigenvalue weighted by Gasteiger charge is -2.29. The molecule has 0 aromatic heterocycles. The molecule has 1 unspecified atom stereocenters. The van der Waals surface area contributed by atoms with E-state index in [1.807, 2.05) is 6.07 Å². The number of hydrogen-bond acceptors (Lipinski definition) is 2. The average molecular weight is 249 g/mol. The van der Waals surface area contributed by atoms with E-state index in [0.717, 1.165) is 11.6 Å². The molecular formula is C14H17ClN2. The van der Waals surface area contributed by atoms with E-state index in [4.69, 9.17) is 16.9 Å². The van der Waals surface area contributed by atoms with Crippen LogP contribution in [0.25, 0.3) is 0 Å². The average Bonchev–Trinajstić information content (AvgIpc) is 2.27. The molecule has 0 amide bonds. The third kappa shape index (κ3) is 3.14. The lowest BCUT2D eigenvalue weighted by Crippen LogP contribution is -2.23. The van der Waals surface area contributed by atoms with E-state index in [1.165, 1.54) is 25.7 Å². The van der Waals surface area contributed by atoms with Gasteiger partial charge in [-0.2, -0.15) is 5.26 Å². The number of hydrogen-bond donors (Lipinski definition) is 1. The lowest BCUT2D eigenvalue weighted by atomic mass is 9.81. The Kier molecular flexibility index (Phi) is 3.91. The first-order valence-corrected chi connectivity index (χ1v) is 6.53. The molecule has 17 heavy (non-hydrogen) atoms. The van der Waals surface area contributed by atoms with Gasteiger partial charge < -0.3 is 5.32 Å². The molecule has 3 heteroatoms. The van der Waals surface area contributed by atoms with E-state index in [-0.39, 0.29) is 0 Å². The topological polar surface area (TPSA) is 35.8 Å². The number of nitriles is 1. The van der Waals surface area contributed by atoms with Gasteiger partial charge in [-0.1, -0.05) is 30.9 Å². The van der Waals surface area contributed by atoms with Gasteiger partial charge in [0.05, 0.1) is 22.3 Å². The van der Waals surface area contributed by atoms with Crippen molar-refractivity contribution in [1.82, 2.24) is 0 Å². The fourth-order valence-corrected chi connectivity index (χ4v) is 2.43. The summed E-state index contributed by atoms with van der Waals surface area (Å²) < 4.78 is 0. The highest BCUT2D eigenvalue weighted by Gasteiger charge is 2.20. The molecule has 0 aliphatic heterocycles. The van der Waals surface area contributed by atoms with Crippen LogP contribution in [0.3, 0.4) is 0 Å². The largest absolute Gasteiger partial charge is 0.381 e. The molecule has 1 aromatic rings. The quantitative estimate of drug-likeness (QED) is 0.867. The Morgan fingerprint density at radius 2 is 2.29 bits per heavy atom. The van der Waals surface area contributed by atoms with Crippen LogP contribution in [-0.4, -0.2) is 6.04 Å². The molecule has 2 nitrogen and oxygen atoms in total. The molecule has 1 aromatic carbocycles. The highest BCUT2D eigenvalue weighted by Crippen LogP contribution is 2.32. The third-order valence-electron chi connectivity index (χ3n) is 3.41. The summed E-state index contributed by atoms with van der Waals surface area (Å²) in [4.78, 5) is 0. The van der Waals surface area contributed by atoms with Gasteiger partial charge in [-0.3, -0.25) is 0 Å². The van der Waals surface area contributed by atoms with Crippen LogP contribution in [0.5, 0.6) is 0 Å². The maximum atomic E-state index is 8.86. The van der Waals surface area contributed by atoms with Crippen molar-refractivity contribution >= 4 is 17.3 Å². The van der Waals surface area contributed by atoms with E-state index in [9.17, 15) is 0 Å². The van der Waals surface area contributed by atoms with E-state index >= 15 is 0 Å². The number of anilines is 1. The summed E-state index contributed by atoms with van der Waals surface area (Å²) in [7, 11) is 0. The van der Waals surface area contributed by atoms with Crippen molar-refractivity contribution in [1.29, 1.82) is 5.26 Å². The summed E-state index contributed by atoms with van der Waals surface area (Å²) in [6, 6.07) is 7.88. The predicted molar refractivity (Wildman–Crippen MR) is 71.2 cm³/mol. The molecule has 1 fully saturated rings. The van der Waals surface area contributed by atoms with Crippen molar-refractivity contribution in [2.24, 2.45) is 5.92 Å². The minimum Gasteiger partial charge on any atom is -0.381 e. The second-order valence-electron chi connectivity index (χ2n) is 4.88. The van der Waals surface area contributed by atoms with Gasteiger partial charge in [0.1, 0.15) is 0 Å². The van der Waals surface area contributed by atoms with Crippen molar-refractivity contribution in [2.45, 2.75) is 38.6 Å². The monoisotopic (exact) mass is 248 g/mol. The van der Waals surface area contributed by atoms with Gasteiger partial charge in [0.15, 0.2) is 0 Å². The van der Waals surface area contributed by atoms with Gasteiger partial charge in [-0.25, -0.2) is 0 Å². The highest BCUT2D eigenvalue weighted by molar-refractivity contribution is 6.33. The Labute approximate surface area is 108 Å². The van der Waals surface area contributed by atoms with Gasteiger partial charge in [-0.05, 0) is 37.5 Å². The molecule has 1 N–H and O–H groups in total. The maximum absolute atomic E-state index is 8.86.